The number of carbonyl (C=O) groups is 3. The molecular weight excluding hydrogens is 544 g/mol. The normalized spacial score (nSPS) is 19.1. The van der Waals surface area contributed by atoms with E-state index in [1.807, 2.05) is 13.8 Å². The van der Waals surface area contributed by atoms with Crippen molar-refractivity contribution in [3.63, 3.8) is 0 Å². The van der Waals surface area contributed by atoms with Gasteiger partial charge in [-0.3, -0.25) is 14.5 Å². The number of anilines is 1. The number of esters is 1. The second-order valence-electron chi connectivity index (χ2n) is 9.84. The molecule has 1 aromatic heterocycles. The predicted octanol–water partition coefficient (Wildman–Crippen LogP) is 5.53. The number of rotatable bonds is 9. The SMILES string of the molecule is C=CCOC(=O)c1sc(N2C(=O)C(=O)/C(=C(/O)c3ccc4c(c3)C[C@H](C)O4)[C@@H]2c2cccc(OCCC)c2)nc1C. The number of fused-ring (bicyclic) bond motifs is 1. The molecule has 0 aliphatic carbocycles. The van der Waals surface area contributed by atoms with Crippen molar-refractivity contribution in [1.82, 2.24) is 4.98 Å². The van der Waals surface area contributed by atoms with Gasteiger partial charge in [-0.2, -0.15) is 0 Å². The predicted molar refractivity (Wildman–Crippen MR) is 155 cm³/mol. The largest absolute Gasteiger partial charge is 0.507 e. The van der Waals surface area contributed by atoms with E-state index in [0.29, 0.717) is 35.6 Å². The molecule has 2 aliphatic heterocycles. The third-order valence-corrected chi connectivity index (χ3v) is 7.91. The van der Waals surface area contributed by atoms with Crippen LogP contribution in [0.3, 0.4) is 0 Å². The lowest BCUT2D eigenvalue weighted by atomic mass is 9.94. The zero-order chi connectivity index (χ0) is 29.3. The molecule has 2 atom stereocenters. The maximum absolute atomic E-state index is 13.6. The number of thiazole rings is 1. The van der Waals surface area contributed by atoms with Crippen LogP contribution in [0.1, 0.15) is 58.4 Å². The van der Waals surface area contributed by atoms with Gasteiger partial charge in [0.15, 0.2) is 5.13 Å². The smallest absolute Gasteiger partial charge is 0.350 e. The van der Waals surface area contributed by atoms with Crippen LogP contribution in [0.15, 0.2) is 60.7 Å². The highest BCUT2D eigenvalue weighted by atomic mass is 32.1. The first-order valence-corrected chi connectivity index (χ1v) is 14.1. The van der Waals surface area contributed by atoms with Crippen LogP contribution in [0, 0.1) is 6.92 Å². The summed E-state index contributed by atoms with van der Waals surface area (Å²) in [6.07, 6.45) is 2.91. The third-order valence-electron chi connectivity index (χ3n) is 6.77. The summed E-state index contributed by atoms with van der Waals surface area (Å²) >= 11 is 0.945. The van der Waals surface area contributed by atoms with Crippen LogP contribution in [0.4, 0.5) is 5.13 Å². The van der Waals surface area contributed by atoms with Crippen molar-refractivity contribution in [2.45, 2.75) is 45.8 Å². The lowest BCUT2D eigenvalue weighted by Gasteiger charge is -2.23. The van der Waals surface area contributed by atoms with Crippen LogP contribution < -0.4 is 14.4 Å². The van der Waals surface area contributed by atoms with Crippen LogP contribution in [0.5, 0.6) is 11.5 Å². The molecular formula is C31H30N2O7S. The second-order valence-corrected chi connectivity index (χ2v) is 10.8. The van der Waals surface area contributed by atoms with E-state index in [0.717, 1.165) is 29.1 Å². The number of carbonyl (C=O) groups excluding carboxylic acids is 3. The summed E-state index contributed by atoms with van der Waals surface area (Å²) in [6, 6.07) is 11.2. The van der Waals surface area contributed by atoms with E-state index in [1.54, 1.807) is 49.4 Å². The maximum Gasteiger partial charge on any atom is 0.350 e. The first-order valence-electron chi connectivity index (χ1n) is 13.3. The minimum atomic E-state index is -1.02. The molecule has 0 radical (unpaired) electrons. The fraction of sp³-hybridized carbons (Fsp3) is 0.290. The van der Waals surface area contributed by atoms with Crippen molar-refractivity contribution < 1.29 is 33.7 Å². The average Bonchev–Trinajstić information content (AvgIpc) is 3.61. The number of ether oxygens (including phenoxy) is 3. The van der Waals surface area contributed by atoms with Crippen molar-refractivity contribution >= 4 is 39.9 Å². The van der Waals surface area contributed by atoms with E-state index >= 15 is 0 Å². The molecule has 1 amide bonds. The number of hydrogen-bond acceptors (Lipinski definition) is 9. The number of nitrogens with zero attached hydrogens (tertiary/aromatic N) is 2. The number of ketones is 1. The minimum absolute atomic E-state index is 0.000606. The summed E-state index contributed by atoms with van der Waals surface area (Å²) in [6.45, 7) is 9.63. The molecule has 212 valence electrons. The molecule has 10 heteroatoms. The number of Topliss-reactive ketones (excluding diaryl/α,β-unsaturated/α-hetero) is 1. The van der Waals surface area contributed by atoms with Gasteiger partial charge in [0, 0.05) is 12.0 Å². The zero-order valence-electron chi connectivity index (χ0n) is 23.0. The number of amides is 1. The van der Waals surface area contributed by atoms with E-state index in [2.05, 4.69) is 11.6 Å². The lowest BCUT2D eigenvalue weighted by molar-refractivity contribution is -0.132. The van der Waals surface area contributed by atoms with Gasteiger partial charge in [0.1, 0.15) is 34.8 Å². The average molecular weight is 575 g/mol. The highest BCUT2D eigenvalue weighted by Crippen LogP contribution is 2.45. The monoisotopic (exact) mass is 574 g/mol. The Morgan fingerprint density at radius 1 is 1.27 bits per heavy atom. The first-order chi connectivity index (χ1) is 19.7. The van der Waals surface area contributed by atoms with Crippen LogP contribution in [0.25, 0.3) is 5.76 Å². The molecule has 1 saturated heterocycles. The second kappa shape index (κ2) is 11.6. The number of aryl methyl sites for hydroxylation is 1. The summed E-state index contributed by atoms with van der Waals surface area (Å²) in [5, 5.41) is 11.7. The number of aromatic nitrogens is 1. The summed E-state index contributed by atoms with van der Waals surface area (Å²) in [4.78, 5) is 45.7. The standard InChI is InChI=1S/C31H30N2O7S/c1-5-12-38-22-9-7-8-19(16-22)25-24(26(34)20-10-11-23-21(15-20)14-17(3)40-23)27(35)29(36)33(25)31-32-18(4)28(41-31)30(37)39-13-6-2/h6-11,15-17,25,34H,2,5,12-14H2,1,3-4H3/b26-24+/t17-,25-/m0/s1. The molecule has 2 aliphatic rings. The summed E-state index contributed by atoms with van der Waals surface area (Å²) in [5.74, 6) is -1.36. The summed E-state index contributed by atoms with van der Waals surface area (Å²) in [5.41, 5.74) is 2.11. The van der Waals surface area contributed by atoms with Gasteiger partial charge in [0.05, 0.1) is 23.9 Å². The molecule has 0 saturated carbocycles. The molecule has 2 aromatic carbocycles. The van der Waals surface area contributed by atoms with E-state index < -0.39 is 23.7 Å². The maximum atomic E-state index is 13.6. The Bertz CT molecular complexity index is 1570. The van der Waals surface area contributed by atoms with E-state index in [4.69, 9.17) is 14.2 Å². The van der Waals surface area contributed by atoms with Gasteiger partial charge in [-0.25, -0.2) is 9.78 Å². The Labute approximate surface area is 241 Å². The van der Waals surface area contributed by atoms with Crippen molar-refractivity contribution in [1.29, 1.82) is 0 Å². The summed E-state index contributed by atoms with van der Waals surface area (Å²) in [7, 11) is 0. The quantitative estimate of drug-likeness (QED) is 0.117. The molecule has 0 bridgehead atoms. The number of aliphatic hydroxyl groups is 1. The van der Waals surface area contributed by atoms with Gasteiger partial charge in [-0.05, 0) is 61.7 Å². The van der Waals surface area contributed by atoms with E-state index in [9.17, 15) is 19.5 Å². The highest BCUT2D eigenvalue weighted by Gasteiger charge is 2.48. The fourth-order valence-electron chi connectivity index (χ4n) is 4.94. The topological polar surface area (TPSA) is 115 Å². The lowest BCUT2D eigenvalue weighted by Crippen LogP contribution is -2.29. The number of hydrogen-bond donors (Lipinski definition) is 1. The summed E-state index contributed by atoms with van der Waals surface area (Å²) < 4.78 is 16.8. The van der Waals surface area contributed by atoms with Gasteiger partial charge in [-0.1, -0.05) is 43.0 Å². The van der Waals surface area contributed by atoms with Crippen LogP contribution in [-0.4, -0.2) is 47.1 Å². The Morgan fingerprint density at radius 3 is 2.83 bits per heavy atom. The zero-order valence-corrected chi connectivity index (χ0v) is 23.8. The number of benzene rings is 2. The van der Waals surface area contributed by atoms with Crippen LogP contribution in [0.2, 0.25) is 0 Å². The highest BCUT2D eigenvalue weighted by molar-refractivity contribution is 7.17. The van der Waals surface area contributed by atoms with Crippen molar-refractivity contribution in [2.75, 3.05) is 18.1 Å². The van der Waals surface area contributed by atoms with Crippen molar-refractivity contribution in [3.05, 3.63) is 88.0 Å². The minimum Gasteiger partial charge on any atom is -0.507 e. The Kier molecular flexibility index (Phi) is 7.94. The van der Waals surface area contributed by atoms with Gasteiger partial charge >= 0.3 is 11.9 Å². The Balaban J connectivity index is 1.65. The first kappa shape index (κ1) is 28.1. The van der Waals surface area contributed by atoms with Crippen LogP contribution in [-0.2, 0) is 20.7 Å². The molecule has 5 rings (SSSR count). The number of aliphatic hydroxyl groups excluding tert-OH is 1. The molecule has 41 heavy (non-hydrogen) atoms. The molecule has 0 spiro atoms. The third kappa shape index (κ3) is 5.35. The van der Waals surface area contributed by atoms with Gasteiger partial charge < -0.3 is 19.3 Å². The molecule has 1 N–H and O–H groups in total. The Hall–Kier alpha value is -4.44. The van der Waals surface area contributed by atoms with Crippen LogP contribution >= 0.6 is 11.3 Å². The van der Waals surface area contributed by atoms with Crippen molar-refractivity contribution in [3.8, 4) is 11.5 Å². The molecule has 0 unspecified atom stereocenters. The van der Waals surface area contributed by atoms with E-state index in [-0.39, 0.29) is 34.1 Å². The Morgan fingerprint density at radius 2 is 2.07 bits per heavy atom. The van der Waals surface area contributed by atoms with Crippen molar-refractivity contribution in [2.24, 2.45) is 0 Å². The molecule has 3 aromatic rings. The van der Waals surface area contributed by atoms with E-state index in [1.165, 1.54) is 11.0 Å². The molecule has 9 nitrogen and oxygen atoms in total. The van der Waals surface area contributed by atoms with Gasteiger partial charge in [0.2, 0.25) is 0 Å². The fourth-order valence-corrected chi connectivity index (χ4v) is 5.93. The van der Waals surface area contributed by atoms with Gasteiger partial charge in [-0.15, -0.1) is 0 Å². The van der Waals surface area contributed by atoms with Gasteiger partial charge in [0.25, 0.3) is 5.78 Å². The molecule has 1 fully saturated rings. The molecule has 3 heterocycles.